The molecule has 1 aliphatic rings. The molecule has 0 bridgehead atoms. The van der Waals surface area contributed by atoms with Gasteiger partial charge in [0.1, 0.15) is 0 Å². The van der Waals surface area contributed by atoms with Gasteiger partial charge in [0.15, 0.2) is 0 Å². The first kappa shape index (κ1) is 14.1. The van der Waals surface area contributed by atoms with Gasteiger partial charge in [-0.2, -0.15) is 4.31 Å². The zero-order chi connectivity index (χ0) is 15.2. The summed E-state index contributed by atoms with van der Waals surface area (Å²) in [5.74, 6) is 0. The van der Waals surface area contributed by atoms with Crippen molar-refractivity contribution in [2.75, 3.05) is 5.73 Å². The molecule has 3 rings (SSSR count). The number of benzene rings is 2. The molecule has 0 saturated carbocycles. The van der Waals surface area contributed by atoms with Crippen molar-refractivity contribution in [1.82, 2.24) is 4.31 Å². The summed E-state index contributed by atoms with van der Waals surface area (Å²) in [4.78, 5) is 0.383. The second kappa shape index (κ2) is 4.86. The van der Waals surface area contributed by atoms with E-state index in [-0.39, 0.29) is 0 Å². The van der Waals surface area contributed by atoms with Crippen molar-refractivity contribution in [3.05, 3.63) is 58.7 Å². The van der Waals surface area contributed by atoms with Crippen molar-refractivity contribution in [3.63, 3.8) is 0 Å². The van der Waals surface area contributed by atoms with Crippen LogP contribution in [0.2, 0.25) is 0 Å². The highest BCUT2D eigenvalue weighted by Crippen LogP contribution is 2.31. The zero-order valence-corrected chi connectivity index (χ0v) is 12.9. The Kier molecular flexibility index (Phi) is 3.26. The molecule has 1 heterocycles. The molecule has 0 aromatic heterocycles. The van der Waals surface area contributed by atoms with Crippen molar-refractivity contribution in [3.8, 4) is 0 Å². The summed E-state index contributed by atoms with van der Waals surface area (Å²) in [6, 6.07) is 11.0. The molecule has 4 nitrogen and oxygen atoms in total. The van der Waals surface area contributed by atoms with Gasteiger partial charge in [-0.05, 0) is 48.7 Å². The molecule has 2 aromatic carbocycles. The minimum Gasteiger partial charge on any atom is -0.399 e. The smallest absolute Gasteiger partial charge is 0.243 e. The second-order valence-electron chi connectivity index (χ2n) is 5.57. The number of fused-ring (bicyclic) bond motifs is 1. The van der Waals surface area contributed by atoms with Gasteiger partial charge in [-0.1, -0.05) is 23.8 Å². The fraction of sp³-hybridized carbons (Fsp3) is 0.250. The minimum atomic E-state index is -3.47. The maximum atomic E-state index is 12.8. The maximum Gasteiger partial charge on any atom is 0.243 e. The third kappa shape index (κ3) is 2.43. The van der Waals surface area contributed by atoms with Crippen LogP contribution in [0.1, 0.15) is 22.3 Å². The van der Waals surface area contributed by atoms with E-state index in [9.17, 15) is 8.42 Å². The van der Waals surface area contributed by atoms with E-state index in [0.717, 1.165) is 22.3 Å². The lowest BCUT2D eigenvalue weighted by Crippen LogP contribution is -2.26. The fourth-order valence-corrected chi connectivity index (χ4v) is 4.38. The highest BCUT2D eigenvalue weighted by molar-refractivity contribution is 7.89. The zero-order valence-electron chi connectivity index (χ0n) is 12.1. The lowest BCUT2D eigenvalue weighted by Gasteiger charge is -2.17. The van der Waals surface area contributed by atoms with Gasteiger partial charge in [0.25, 0.3) is 0 Å². The molecule has 1 aliphatic heterocycles. The molecule has 0 fully saturated rings. The first-order chi connectivity index (χ1) is 9.88. The molecular formula is C16H18N2O2S. The molecule has 0 radical (unpaired) electrons. The largest absolute Gasteiger partial charge is 0.399 e. The third-order valence-electron chi connectivity index (χ3n) is 3.87. The van der Waals surface area contributed by atoms with Gasteiger partial charge in [0.05, 0.1) is 4.90 Å². The Morgan fingerprint density at radius 2 is 1.71 bits per heavy atom. The van der Waals surface area contributed by atoms with Crippen molar-refractivity contribution < 1.29 is 8.42 Å². The fourth-order valence-electron chi connectivity index (χ4n) is 2.78. The molecule has 0 saturated heterocycles. The molecule has 5 heteroatoms. The Bertz CT molecular complexity index is 813. The molecule has 21 heavy (non-hydrogen) atoms. The number of nitrogen functional groups attached to an aromatic ring is 1. The molecule has 110 valence electrons. The Labute approximate surface area is 125 Å². The van der Waals surface area contributed by atoms with Crippen LogP contribution in [-0.2, 0) is 23.1 Å². The highest BCUT2D eigenvalue weighted by Gasteiger charge is 2.31. The number of sulfonamides is 1. The second-order valence-corrected chi connectivity index (χ2v) is 7.48. The van der Waals surface area contributed by atoms with Crippen LogP contribution in [-0.4, -0.2) is 12.7 Å². The SMILES string of the molecule is Cc1ccc(S(=O)(=O)N2Cc3ccc(N)cc3C2)c(C)c1. The summed E-state index contributed by atoms with van der Waals surface area (Å²) < 4.78 is 27.1. The topological polar surface area (TPSA) is 63.4 Å². The van der Waals surface area contributed by atoms with Crippen LogP contribution in [0.3, 0.4) is 0 Å². The monoisotopic (exact) mass is 302 g/mol. The summed E-state index contributed by atoms with van der Waals surface area (Å²) >= 11 is 0. The Morgan fingerprint density at radius 1 is 1.00 bits per heavy atom. The number of hydrogen-bond donors (Lipinski definition) is 1. The van der Waals surface area contributed by atoms with Gasteiger partial charge < -0.3 is 5.73 Å². The van der Waals surface area contributed by atoms with Crippen LogP contribution >= 0.6 is 0 Å². The van der Waals surface area contributed by atoms with Crippen LogP contribution in [0, 0.1) is 13.8 Å². The number of nitrogens with two attached hydrogens (primary N) is 1. The van der Waals surface area contributed by atoms with E-state index in [2.05, 4.69) is 0 Å². The lowest BCUT2D eigenvalue weighted by molar-refractivity contribution is 0.431. The number of rotatable bonds is 2. The molecule has 2 aromatic rings. The van der Waals surface area contributed by atoms with E-state index in [0.29, 0.717) is 23.7 Å². The molecule has 0 spiro atoms. The van der Waals surface area contributed by atoms with Crippen molar-refractivity contribution in [2.24, 2.45) is 0 Å². The standard InChI is InChI=1S/C16H18N2O2S/c1-11-3-6-16(12(2)7-11)21(19,20)18-9-13-4-5-15(17)8-14(13)10-18/h3-8H,9-10,17H2,1-2H3. The summed E-state index contributed by atoms with van der Waals surface area (Å²) in [6.45, 7) is 4.58. The Morgan fingerprint density at radius 3 is 2.43 bits per heavy atom. The molecular weight excluding hydrogens is 284 g/mol. The lowest BCUT2D eigenvalue weighted by atomic mass is 10.1. The third-order valence-corrected chi connectivity index (χ3v) is 5.82. The van der Waals surface area contributed by atoms with Crippen molar-refractivity contribution >= 4 is 15.7 Å². The maximum absolute atomic E-state index is 12.8. The van der Waals surface area contributed by atoms with E-state index in [1.165, 1.54) is 4.31 Å². The van der Waals surface area contributed by atoms with Crippen LogP contribution in [0.15, 0.2) is 41.3 Å². The number of anilines is 1. The predicted octanol–water partition coefficient (Wildman–Crippen LogP) is 2.59. The molecule has 0 aliphatic carbocycles. The van der Waals surface area contributed by atoms with Gasteiger partial charge in [-0.3, -0.25) is 0 Å². The van der Waals surface area contributed by atoms with Crippen LogP contribution in [0.4, 0.5) is 5.69 Å². The van der Waals surface area contributed by atoms with E-state index >= 15 is 0 Å². The first-order valence-electron chi connectivity index (χ1n) is 6.82. The molecule has 0 atom stereocenters. The average Bonchev–Trinajstić information content (AvgIpc) is 2.81. The van der Waals surface area contributed by atoms with Gasteiger partial charge >= 0.3 is 0 Å². The van der Waals surface area contributed by atoms with Crippen LogP contribution in [0.25, 0.3) is 0 Å². The summed E-state index contributed by atoms with van der Waals surface area (Å²) in [5, 5.41) is 0. The van der Waals surface area contributed by atoms with E-state index in [1.54, 1.807) is 6.07 Å². The minimum absolute atomic E-state index is 0.383. The highest BCUT2D eigenvalue weighted by atomic mass is 32.2. The van der Waals surface area contributed by atoms with Gasteiger partial charge in [0, 0.05) is 18.8 Å². The summed E-state index contributed by atoms with van der Waals surface area (Å²) in [6.07, 6.45) is 0. The van der Waals surface area contributed by atoms with Gasteiger partial charge in [0.2, 0.25) is 10.0 Å². The number of aryl methyl sites for hydroxylation is 2. The average molecular weight is 302 g/mol. The van der Waals surface area contributed by atoms with E-state index in [1.807, 2.05) is 44.2 Å². The first-order valence-corrected chi connectivity index (χ1v) is 8.26. The Hall–Kier alpha value is -1.85. The van der Waals surface area contributed by atoms with Crippen LogP contribution < -0.4 is 5.73 Å². The molecule has 2 N–H and O–H groups in total. The Balaban J connectivity index is 1.98. The number of hydrogen-bond acceptors (Lipinski definition) is 3. The summed E-state index contributed by atoms with van der Waals surface area (Å²) in [5.41, 5.74) is 10.3. The van der Waals surface area contributed by atoms with Gasteiger partial charge in [-0.15, -0.1) is 0 Å². The molecule has 0 unspecified atom stereocenters. The number of nitrogens with zero attached hydrogens (tertiary/aromatic N) is 1. The summed E-state index contributed by atoms with van der Waals surface area (Å²) in [7, 11) is -3.47. The van der Waals surface area contributed by atoms with Crippen molar-refractivity contribution in [1.29, 1.82) is 0 Å². The van der Waals surface area contributed by atoms with Crippen molar-refractivity contribution in [2.45, 2.75) is 31.8 Å². The predicted molar refractivity (Wildman–Crippen MR) is 83.2 cm³/mol. The normalized spacial score (nSPS) is 15.1. The van der Waals surface area contributed by atoms with Gasteiger partial charge in [-0.25, -0.2) is 8.42 Å². The quantitative estimate of drug-likeness (QED) is 0.867. The van der Waals surface area contributed by atoms with E-state index in [4.69, 9.17) is 5.73 Å². The molecule has 0 amide bonds. The van der Waals surface area contributed by atoms with Crippen LogP contribution in [0.5, 0.6) is 0 Å². The van der Waals surface area contributed by atoms with E-state index < -0.39 is 10.0 Å².